The summed E-state index contributed by atoms with van der Waals surface area (Å²) in [5.74, 6) is 0.293. The van der Waals surface area contributed by atoms with Gasteiger partial charge in [0.2, 0.25) is 0 Å². The summed E-state index contributed by atoms with van der Waals surface area (Å²) in [4.78, 5) is 10.9. The summed E-state index contributed by atoms with van der Waals surface area (Å²) in [5, 5.41) is 8.85. The number of aromatic hydroxyl groups is 1. The molecule has 21 heavy (non-hydrogen) atoms. The van der Waals surface area contributed by atoms with Crippen LogP contribution in [0.2, 0.25) is 0 Å². The van der Waals surface area contributed by atoms with Gasteiger partial charge in [0.15, 0.2) is 0 Å². The van der Waals surface area contributed by atoms with Gasteiger partial charge < -0.3 is 9.84 Å². The summed E-state index contributed by atoms with van der Waals surface area (Å²) in [7, 11) is 0. The molecule has 0 atom stereocenters. The number of hydrogen-bond acceptors (Lipinski definition) is 3. The molecule has 0 saturated heterocycles. The van der Waals surface area contributed by atoms with Gasteiger partial charge in [0, 0.05) is 6.42 Å². The second-order valence-corrected chi connectivity index (χ2v) is 4.99. The monoisotopic (exact) mass is 294 g/mol. The van der Waals surface area contributed by atoms with Crippen molar-refractivity contribution < 1.29 is 14.6 Å². The number of ether oxygens (including phenoxy) is 1. The molecule has 3 nitrogen and oxygen atoms in total. The lowest BCUT2D eigenvalue weighted by atomic mass is 10.1. The van der Waals surface area contributed by atoms with Crippen LogP contribution in [0.15, 0.2) is 24.3 Å². The lowest BCUT2D eigenvalue weighted by molar-refractivity contribution is -0.143. The third-order valence-electron chi connectivity index (χ3n) is 3.13. The first-order chi connectivity index (χ1) is 10.1. The van der Waals surface area contributed by atoms with Gasteiger partial charge in [-0.2, -0.15) is 0 Å². The van der Waals surface area contributed by atoms with Crippen molar-refractivity contribution in [1.82, 2.24) is 0 Å². The molecule has 3 heteroatoms. The second kappa shape index (κ2) is 13.5. The minimum Gasteiger partial charge on any atom is -0.508 e. The Morgan fingerprint density at radius 1 is 1.00 bits per heavy atom. The third kappa shape index (κ3) is 12.0. The highest BCUT2D eigenvalue weighted by Crippen LogP contribution is 2.09. The van der Waals surface area contributed by atoms with E-state index in [1.54, 1.807) is 12.1 Å². The van der Waals surface area contributed by atoms with Gasteiger partial charge in [-0.05, 0) is 37.5 Å². The molecule has 0 saturated carbocycles. The van der Waals surface area contributed by atoms with E-state index in [1.807, 2.05) is 19.1 Å². The summed E-state index contributed by atoms with van der Waals surface area (Å²) in [6.45, 7) is 6.63. The van der Waals surface area contributed by atoms with E-state index < -0.39 is 0 Å². The van der Waals surface area contributed by atoms with Crippen molar-refractivity contribution in [2.75, 3.05) is 6.61 Å². The van der Waals surface area contributed by atoms with Gasteiger partial charge in [-0.25, -0.2) is 0 Å². The van der Waals surface area contributed by atoms with Gasteiger partial charge in [0.05, 0.1) is 6.61 Å². The van der Waals surface area contributed by atoms with E-state index in [0.29, 0.717) is 18.8 Å². The topological polar surface area (TPSA) is 46.5 Å². The molecule has 0 heterocycles. The summed E-state index contributed by atoms with van der Waals surface area (Å²) >= 11 is 0. The smallest absolute Gasteiger partial charge is 0.305 e. The van der Waals surface area contributed by atoms with E-state index in [2.05, 4.69) is 13.8 Å². The molecular weight excluding hydrogens is 264 g/mol. The Bertz CT molecular complexity index is 357. The molecule has 1 rings (SSSR count). The van der Waals surface area contributed by atoms with E-state index in [-0.39, 0.29) is 5.97 Å². The highest BCUT2D eigenvalue weighted by atomic mass is 16.5. The third-order valence-corrected chi connectivity index (χ3v) is 3.13. The van der Waals surface area contributed by atoms with Crippen LogP contribution >= 0.6 is 0 Å². The molecule has 1 aromatic carbocycles. The molecule has 0 bridgehead atoms. The van der Waals surface area contributed by atoms with Crippen LogP contribution in [0.1, 0.15) is 64.9 Å². The van der Waals surface area contributed by atoms with Crippen LogP contribution in [-0.4, -0.2) is 17.7 Å². The van der Waals surface area contributed by atoms with Crippen molar-refractivity contribution in [1.29, 1.82) is 0 Å². The molecule has 120 valence electrons. The van der Waals surface area contributed by atoms with Crippen molar-refractivity contribution in [2.45, 2.75) is 65.7 Å². The number of rotatable bonds is 8. The fraction of sp³-hybridized carbons (Fsp3) is 0.611. The van der Waals surface area contributed by atoms with Gasteiger partial charge in [0.1, 0.15) is 5.75 Å². The standard InChI is InChI=1S/C10H20O2.C8H10O/c1-3-5-6-7-8-9-10(11)12-4-2;1-2-7-3-5-8(9)6-4-7/h3-9H2,1-2H3;3-6,9H,2H2,1H3. The predicted octanol–water partition coefficient (Wildman–Crippen LogP) is 4.86. The zero-order valence-electron chi connectivity index (χ0n) is 13.7. The minimum absolute atomic E-state index is 0.0472. The van der Waals surface area contributed by atoms with Crippen LogP contribution in [0.4, 0.5) is 0 Å². The van der Waals surface area contributed by atoms with Crippen LogP contribution in [0, 0.1) is 0 Å². The lowest BCUT2D eigenvalue weighted by Crippen LogP contribution is -2.02. The molecule has 0 aromatic heterocycles. The number of benzene rings is 1. The lowest BCUT2D eigenvalue weighted by Gasteiger charge is -2.00. The Morgan fingerprint density at radius 3 is 2.14 bits per heavy atom. The fourth-order valence-electron chi connectivity index (χ4n) is 1.84. The molecule has 0 aliphatic rings. The van der Waals surface area contributed by atoms with Crippen molar-refractivity contribution in [3.63, 3.8) is 0 Å². The van der Waals surface area contributed by atoms with Crippen LogP contribution in [0.25, 0.3) is 0 Å². The van der Waals surface area contributed by atoms with Crippen molar-refractivity contribution in [3.05, 3.63) is 29.8 Å². The van der Waals surface area contributed by atoms with Gasteiger partial charge in [-0.3, -0.25) is 4.79 Å². The summed E-state index contributed by atoms with van der Waals surface area (Å²) < 4.78 is 4.81. The number of aryl methyl sites for hydroxylation is 1. The summed E-state index contributed by atoms with van der Waals surface area (Å²) in [6, 6.07) is 7.27. The Balaban J connectivity index is 0.000000394. The number of phenols is 1. The van der Waals surface area contributed by atoms with Crippen LogP contribution in [0.5, 0.6) is 5.75 Å². The number of carbonyl (C=O) groups excluding carboxylic acids is 1. The average Bonchev–Trinajstić information content (AvgIpc) is 2.49. The van der Waals surface area contributed by atoms with Gasteiger partial charge in [-0.1, -0.05) is 51.7 Å². The quantitative estimate of drug-likeness (QED) is 0.550. The van der Waals surface area contributed by atoms with E-state index >= 15 is 0 Å². The zero-order valence-corrected chi connectivity index (χ0v) is 13.7. The zero-order chi connectivity index (χ0) is 15.9. The molecule has 0 fully saturated rings. The Hall–Kier alpha value is -1.51. The fourth-order valence-corrected chi connectivity index (χ4v) is 1.84. The normalized spacial score (nSPS) is 9.67. The molecule has 0 unspecified atom stereocenters. The van der Waals surface area contributed by atoms with Crippen LogP contribution in [0.3, 0.4) is 0 Å². The highest BCUT2D eigenvalue weighted by Gasteiger charge is 1.99. The molecule has 0 amide bonds. The molecule has 1 N–H and O–H groups in total. The van der Waals surface area contributed by atoms with Gasteiger partial charge in [-0.15, -0.1) is 0 Å². The summed E-state index contributed by atoms with van der Waals surface area (Å²) in [6.07, 6.45) is 7.54. The van der Waals surface area contributed by atoms with E-state index in [4.69, 9.17) is 9.84 Å². The van der Waals surface area contributed by atoms with Gasteiger partial charge >= 0.3 is 5.97 Å². The average molecular weight is 294 g/mol. The molecule has 0 radical (unpaired) electrons. The number of carbonyl (C=O) groups is 1. The SMILES string of the molecule is CCCCCCCC(=O)OCC.CCc1ccc(O)cc1. The maximum absolute atomic E-state index is 10.9. The van der Waals surface area contributed by atoms with Crippen molar-refractivity contribution in [2.24, 2.45) is 0 Å². The number of hydrogen-bond donors (Lipinski definition) is 1. The predicted molar refractivity (Wildman–Crippen MR) is 87.5 cm³/mol. The molecular formula is C18H30O3. The summed E-state index contributed by atoms with van der Waals surface area (Å²) in [5.41, 5.74) is 1.26. The highest BCUT2D eigenvalue weighted by molar-refractivity contribution is 5.69. The number of phenolic OH excluding ortho intramolecular Hbond substituents is 1. The molecule has 0 spiro atoms. The van der Waals surface area contributed by atoms with Crippen LogP contribution < -0.4 is 0 Å². The van der Waals surface area contributed by atoms with Crippen molar-refractivity contribution in [3.8, 4) is 5.75 Å². The minimum atomic E-state index is -0.0472. The molecule has 0 aliphatic heterocycles. The maximum Gasteiger partial charge on any atom is 0.305 e. The molecule has 0 aliphatic carbocycles. The first-order valence-electron chi connectivity index (χ1n) is 8.07. The van der Waals surface area contributed by atoms with E-state index in [1.165, 1.54) is 24.8 Å². The Labute approximate surface area is 129 Å². The molecule has 1 aromatic rings. The number of unbranched alkanes of at least 4 members (excludes halogenated alkanes) is 4. The van der Waals surface area contributed by atoms with Gasteiger partial charge in [0.25, 0.3) is 0 Å². The Kier molecular flexibility index (Phi) is 12.5. The number of esters is 1. The van der Waals surface area contributed by atoms with E-state index in [9.17, 15) is 4.79 Å². The second-order valence-electron chi connectivity index (χ2n) is 4.99. The first-order valence-corrected chi connectivity index (χ1v) is 8.07. The van der Waals surface area contributed by atoms with Crippen LogP contribution in [-0.2, 0) is 16.0 Å². The Morgan fingerprint density at radius 2 is 1.62 bits per heavy atom. The van der Waals surface area contributed by atoms with Crippen molar-refractivity contribution >= 4 is 5.97 Å². The maximum atomic E-state index is 10.9. The van der Waals surface area contributed by atoms with E-state index in [0.717, 1.165) is 19.3 Å². The first kappa shape index (κ1) is 19.5. The largest absolute Gasteiger partial charge is 0.508 e.